The second-order valence-corrected chi connectivity index (χ2v) is 20.3. The molecule has 1 saturated heterocycles. The van der Waals surface area contributed by atoms with Crippen LogP contribution in [0.5, 0.6) is 0 Å². The number of rotatable bonds is 13. The van der Waals surface area contributed by atoms with Crippen molar-refractivity contribution >= 4 is 35.7 Å². The quantitative estimate of drug-likeness (QED) is 0.0670. The average Bonchev–Trinajstić information content (AvgIpc) is 4.20. The van der Waals surface area contributed by atoms with Crippen molar-refractivity contribution in [2.45, 2.75) is 80.5 Å². The fourth-order valence-corrected chi connectivity index (χ4v) is 12.2. The number of nitrogens with zero attached hydrogens (tertiary/aromatic N) is 1. The zero-order valence-corrected chi connectivity index (χ0v) is 41.4. The molecule has 368 valence electrons. The number of halogens is 1. The van der Waals surface area contributed by atoms with Gasteiger partial charge in [-0.15, -0.1) is 0 Å². The second-order valence-electron chi connectivity index (χ2n) is 19.9. The van der Waals surface area contributed by atoms with Crippen LogP contribution < -0.4 is 10.6 Å². The third kappa shape index (κ3) is 9.14. The lowest BCUT2D eigenvalue weighted by molar-refractivity contribution is -0.155. The molecule has 7 aromatic carbocycles. The van der Waals surface area contributed by atoms with Crippen molar-refractivity contribution in [1.29, 1.82) is 0 Å². The van der Waals surface area contributed by atoms with Crippen molar-refractivity contribution in [3.63, 3.8) is 0 Å². The molecular weight excluding hydrogens is 934 g/mol. The summed E-state index contributed by atoms with van der Waals surface area (Å²) in [6, 6.07) is 55.6. The molecule has 0 radical (unpaired) electrons. The summed E-state index contributed by atoms with van der Waals surface area (Å²) >= 11 is 7.01. The molecule has 1 heterocycles. The first kappa shape index (κ1) is 47.6. The van der Waals surface area contributed by atoms with Gasteiger partial charge in [-0.05, 0) is 76.8 Å². The van der Waals surface area contributed by atoms with Gasteiger partial charge in [-0.2, -0.15) is 0 Å². The maximum absolute atomic E-state index is 15.0. The summed E-state index contributed by atoms with van der Waals surface area (Å²) in [6.07, 6.45) is 1.21. The molecule has 0 bridgehead atoms. The van der Waals surface area contributed by atoms with Crippen molar-refractivity contribution in [1.82, 2.24) is 15.5 Å². The van der Waals surface area contributed by atoms with E-state index in [1.165, 1.54) is 4.90 Å². The highest BCUT2D eigenvalue weighted by molar-refractivity contribution is 6.31. The summed E-state index contributed by atoms with van der Waals surface area (Å²) in [7, 11) is 0. The minimum Gasteiger partial charge on any atom is -0.449 e. The molecule has 1 unspecified atom stereocenters. The van der Waals surface area contributed by atoms with Crippen LogP contribution in [0.2, 0.25) is 5.02 Å². The van der Waals surface area contributed by atoms with E-state index in [1.54, 1.807) is 6.07 Å². The van der Waals surface area contributed by atoms with Crippen LogP contribution in [0.15, 0.2) is 176 Å². The standard InChI is InChI=1S/C62H56ClN3O7/c1-40-29-31-42(32-30-40)62(41-17-3-2-4-18-41,54-27-13-14-28-55(54)63)73-57(67)36-61(33-15-16-34-61)65-58(68)56-35-43(64-59(69)71-38-52-48-23-9-5-19-44(48)45-20-6-10-24-49(45)52)37-66(56)60(70)72-39-53-50-25-11-7-21-46(50)47-22-8-12-26-51(47)53/h2-14,17-32,43,52-53,56H,15-16,33-39H2,1H3,(H,64,69)(H,65,68)/t43-,56+,62?/m1/s1. The number of carbonyl (C=O) groups is 4. The Hall–Kier alpha value is -7.69. The van der Waals surface area contributed by atoms with E-state index in [-0.39, 0.29) is 44.4 Å². The highest BCUT2D eigenvalue weighted by atomic mass is 35.5. The molecule has 3 atom stereocenters. The Morgan fingerprint density at radius 3 is 1.67 bits per heavy atom. The molecule has 11 rings (SSSR count). The zero-order valence-electron chi connectivity index (χ0n) is 40.6. The number of amides is 3. The molecule has 73 heavy (non-hydrogen) atoms. The van der Waals surface area contributed by atoms with Gasteiger partial charge in [0.2, 0.25) is 5.91 Å². The van der Waals surface area contributed by atoms with E-state index in [9.17, 15) is 14.4 Å². The predicted octanol–water partition coefficient (Wildman–Crippen LogP) is 12.2. The van der Waals surface area contributed by atoms with E-state index < -0.39 is 47.3 Å². The molecule has 4 aliphatic rings. The highest BCUT2D eigenvalue weighted by Gasteiger charge is 2.48. The van der Waals surface area contributed by atoms with Crippen LogP contribution >= 0.6 is 11.6 Å². The van der Waals surface area contributed by atoms with Crippen LogP contribution in [0.3, 0.4) is 0 Å². The van der Waals surface area contributed by atoms with Crippen LogP contribution in [0.4, 0.5) is 9.59 Å². The number of aryl methyl sites for hydroxylation is 1. The van der Waals surface area contributed by atoms with Gasteiger partial charge in [0.05, 0.1) is 18.0 Å². The molecule has 7 aromatic rings. The molecule has 3 aliphatic carbocycles. The minimum absolute atomic E-state index is 0.00196. The molecule has 1 saturated carbocycles. The van der Waals surface area contributed by atoms with Crippen molar-refractivity contribution < 1.29 is 33.4 Å². The molecule has 0 spiro atoms. The molecule has 2 fully saturated rings. The maximum Gasteiger partial charge on any atom is 0.410 e. The van der Waals surface area contributed by atoms with Gasteiger partial charge in [0.1, 0.15) is 19.3 Å². The van der Waals surface area contributed by atoms with Crippen LogP contribution in [0.1, 0.15) is 94.9 Å². The van der Waals surface area contributed by atoms with Crippen molar-refractivity contribution in [3.8, 4) is 22.3 Å². The molecule has 11 heteroatoms. The van der Waals surface area contributed by atoms with Gasteiger partial charge in [-0.3, -0.25) is 14.5 Å². The number of hydrogen-bond acceptors (Lipinski definition) is 7. The Kier molecular flexibility index (Phi) is 13.1. The van der Waals surface area contributed by atoms with E-state index in [2.05, 4.69) is 59.2 Å². The van der Waals surface area contributed by atoms with E-state index in [1.807, 2.05) is 128 Å². The Bertz CT molecular complexity index is 3120. The smallest absolute Gasteiger partial charge is 0.410 e. The number of hydrogen-bond donors (Lipinski definition) is 2. The summed E-state index contributed by atoms with van der Waals surface area (Å²) in [5.41, 5.74) is 9.37. The summed E-state index contributed by atoms with van der Waals surface area (Å²) in [5.74, 6) is -1.33. The Balaban J connectivity index is 0.846. The monoisotopic (exact) mass is 989 g/mol. The SMILES string of the molecule is Cc1ccc(C(OC(=O)CC2(NC(=O)[C@@H]3C[C@@H](NC(=O)OCC4c5ccccc5-c5ccccc54)CN3C(=O)OCC3c4ccccc4-c4ccccc43)CCCC2)(c2ccccc2)c2ccccc2Cl)cc1. The molecule has 3 amide bonds. The van der Waals surface area contributed by atoms with Crippen molar-refractivity contribution in [2.24, 2.45) is 0 Å². The number of nitrogens with one attached hydrogen (secondary N) is 2. The van der Waals surface area contributed by atoms with Gasteiger partial charge in [0, 0.05) is 40.1 Å². The Morgan fingerprint density at radius 1 is 0.616 bits per heavy atom. The van der Waals surface area contributed by atoms with Gasteiger partial charge in [-0.1, -0.05) is 200 Å². The van der Waals surface area contributed by atoms with Crippen LogP contribution in [-0.2, 0) is 29.4 Å². The first-order valence-electron chi connectivity index (χ1n) is 25.3. The van der Waals surface area contributed by atoms with E-state index in [0.717, 1.165) is 68.5 Å². The molecule has 2 N–H and O–H groups in total. The average molecular weight is 991 g/mol. The van der Waals surface area contributed by atoms with Gasteiger partial charge >= 0.3 is 18.2 Å². The number of likely N-dealkylation sites (tertiary alicyclic amines) is 1. The van der Waals surface area contributed by atoms with Gasteiger partial charge in [0.25, 0.3) is 0 Å². The topological polar surface area (TPSA) is 123 Å². The summed E-state index contributed by atoms with van der Waals surface area (Å²) in [5, 5.41) is 6.71. The fourth-order valence-electron chi connectivity index (χ4n) is 12.0. The number of esters is 1. The number of ether oxygens (including phenoxy) is 3. The van der Waals surface area contributed by atoms with Crippen molar-refractivity contribution in [3.05, 3.63) is 225 Å². The minimum atomic E-state index is -1.43. The first-order chi connectivity index (χ1) is 35.6. The molecule has 10 nitrogen and oxygen atoms in total. The fraction of sp³-hybridized carbons (Fsp3) is 0.258. The summed E-state index contributed by atoms with van der Waals surface area (Å²) in [6.45, 7) is 2.16. The largest absolute Gasteiger partial charge is 0.449 e. The van der Waals surface area contributed by atoms with Crippen LogP contribution in [0.25, 0.3) is 22.3 Å². The zero-order chi connectivity index (χ0) is 50.1. The van der Waals surface area contributed by atoms with Crippen molar-refractivity contribution in [2.75, 3.05) is 19.8 Å². The maximum atomic E-state index is 15.0. The lowest BCUT2D eigenvalue weighted by atomic mass is 9.79. The Labute approximate surface area is 430 Å². The number of carbonyl (C=O) groups excluding carboxylic acids is 4. The predicted molar refractivity (Wildman–Crippen MR) is 281 cm³/mol. The lowest BCUT2D eigenvalue weighted by Crippen LogP contribution is -2.55. The van der Waals surface area contributed by atoms with E-state index in [0.29, 0.717) is 29.0 Å². The third-order valence-corrected chi connectivity index (χ3v) is 15.8. The molecular formula is C62H56ClN3O7. The molecule has 0 aromatic heterocycles. The van der Waals surface area contributed by atoms with Crippen LogP contribution in [0, 0.1) is 6.92 Å². The first-order valence-corrected chi connectivity index (χ1v) is 25.6. The summed E-state index contributed by atoms with van der Waals surface area (Å²) in [4.78, 5) is 59.6. The second kappa shape index (κ2) is 20.1. The van der Waals surface area contributed by atoms with E-state index in [4.69, 9.17) is 25.8 Å². The Morgan fingerprint density at radius 2 is 1.11 bits per heavy atom. The normalized spacial score (nSPS) is 18.1. The molecule has 1 aliphatic heterocycles. The number of alkyl carbamates (subject to hydrolysis) is 1. The van der Waals surface area contributed by atoms with Gasteiger partial charge < -0.3 is 24.8 Å². The summed E-state index contributed by atoms with van der Waals surface area (Å²) < 4.78 is 19.0. The van der Waals surface area contributed by atoms with Crippen LogP contribution in [-0.4, -0.2) is 66.3 Å². The van der Waals surface area contributed by atoms with Gasteiger partial charge in [0.15, 0.2) is 5.60 Å². The number of fused-ring (bicyclic) bond motifs is 6. The highest BCUT2D eigenvalue weighted by Crippen LogP contribution is 2.48. The van der Waals surface area contributed by atoms with E-state index >= 15 is 4.79 Å². The van der Waals surface area contributed by atoms with Gasteiger partial charge in [-0.25, -0.2) is 9.59 Å². The number of benzene rings is 7. The third-order valence-electron chi connectivity index (χ3n) is 15.4. The lowest BCUT2D eigenvalue weighted by Gasteiger charge is -2.38.